The zero-order chi connectivity index (χ0) is 10.1. The molecule has 0 atom stereocenters. The molecule has 72 valence electrons. The standard InChI is InChI=1S/C12H11ClO/c1-8-3-2-4-11-9(7-12(13)14)5-6-10(8)11/h2-4,7H,5-6H2,1H3. The molecular formula is C12H11ClO. The lowest BCUT2D eigenvalue weighted by Crippen LogP contribution is -1.86. The van der Waals surface area contributed by atoms with Crippen LogP contribution in [-0.2, 0) is 11.2 Å². The molecule has 1 aromatic rings. The molecule has 1 aliphatic carbocycles. The number of fused-ring (bicyclic) bond motifs is 1. The Morgan fingerprint density at radius 1 is 1.43 bits per heavy atom. The molecule has 0 bridgehead atoms. The Balaban J connectivity index is 2.50. The molecule has 0 fully saturated rings. The second-order valence-electron chi connectivity index (χ2n) is 3.57. The minimum Gasteiger partial charge on any atom is -0.276 e. The molecule has 0 radical (unpaired) electrons. The fraction of sp³-hybridized carbons (Fsp3) is 0.250. The normalized spacial score (nSPS) is 17.1. The van der Waals surface area contributed by atoms with E-state index in [1.54, 1.807) is 0 Å². The topological polar surface area (TPSA) is 17.1 Å². The fourth-order valence-corrected chi connectivity index (χ4v) is 2.15. The van der Waals surface area contributed by atoms with E-state index in [0.717, 1.165) is 18.4 Å². The number of carbonyl (C=O) groups is 1. The third kappa shape index (κ3) is 1.60. The number of aryl methyl sites for hydroxylation is 1. The van der Waals surface area contributed by atoms with Gasteiger partial charge in [0.25, 0.3) is 0 Å². The molecule has 14 heavy (non-hydrogen) atoms. The predicted molar refractivity (Wildman–Crippen MR) is 58.3 cm³/mol. The van der Waals surface area contributed by atoms with E-state index in [9.17, 15) is 4.79 Å². The maximum absolute atomic E-state index is 10.8. The summed E-state index contributed by atoms with van der Waals surface area (Å²) in [5, 5.41) is -0.380. The Kier molecular flexibility index (Phi) is 2.42. The summed E-state index contributed by atoms with van der Waals surface area (Å²) in [5.41, 5.74) is 4.92. The van der Waals surface area contributed by atoms with Gasteiger partial charge >= 0.3 is 0 Å². The Hall–Kier alpha value is -1.08. The van der Waals surface area contributed by atoms with Gasteiger partial charge in [-0.25, -0.2) is 0 Å². The van der Waals surface area contributed by atoms with Gasteiger partial charge < -0.3 is 0 Å². The van der Waals surface area contributed by atoms with Crippen LogP contribution in [0.25, 0.3) is 5.57 Å². The minimum absolute atomic E-state index is 0.380. The van der Waals surface area contributed by atoms with Gasteiger partial charge in [-0.2, -0.15) is 0 Å². The average Bonchev–Trinajstić information content (AvgIpc) is 2.49. The molecule has 0 spiro atoms. The zero-order valence-corrected chi connectivity index (χ0v) is 8.77. The third-order valence-electron chi connectivity index (χ3n) is 2.69. The van der Waals surface area contributed by atoms with Gasteiger partial charge in [0.1, 0.15) is 0 Å². The summed E-state index contributed by atoms with van der Waals surface area (Å²) in [7, 11) is 0. The first-order valence-electron chi connectivity index (χ1n) is 4.67. The SMILES string of the molecule is Cc1cccc2c1CCC2=CC(=O)Cl. The predicted octanol–water partition coefficient (Wildman–Crippen LogP) is 3.09. The van der Waals surface area contributed by atoms with Crippen LogP contribution in [0.3, 0.4) is 0 Å². The van der Waals surface area contributed by atoms with E-state index < -0.39 is 0 Å². The molecule has 1 aliphatic rings. The van der Waals surface area contributed by atoms with Crippen LogP contribution >= 0.6 is 11.6 Å². The van der Waals surface area contributed by atoms with Crippen molar-refractivity contribution in [2.45, 2.75) is 19.8 Å². The van der Waals surface area contributed by atoms with Gasteiger partial charge in [-0.3, -0.25) is 4.79 Å². The third-order valence-corrected chi connectivity index (χ3v) is 2.80. The van der Waals surface area contributed by atoms with Crippen LogP contribution in [0.15, 0.2) is 24.3 Å². The van der Waals surface area contributed by atoms with Crippen LogP contribution in [-0.4, -0.2) is 5.24 Å². The van der Waals surface area contributed by atoms with Crippen LogP contribution in [0.4, 0.5) is 0 Å². The molecule has 1 nitrogen and oxygen atoms in total. The summed E-state index contributed by atoms with van der Waals surface area (Å²) in [5.74, 6) is 0. The number of carbonyl (C=O) groups excluding carboxylic acids is 1. The van der Waals surface area contributed by atoms with Crippen LogP contribution in [0, 0.1) is 6.92 Å². The molecule has 0 saturated heterocycles. The van der Waals surface area contributed by atoms with Gasteiger partial charge in [0.15, 0.2) is 0 Å². The Labute approximate surface area is 88.4 Å². The lowest BCUT2D eigenvalue weighted by atomic mass is 10.0. The monoisotopic (exact) mass is 206 g/mol. The van der Waals surface area contributed by atoms with Gasteiger partial charge in [0.2, 0.25) is 5.24 Å². The molecule has 2 rings (SSSR count). The summed E-state index contributed by atoms with van der Waals surface area (Å²) in [4.78, 5) is 10.8. The zero-order valence-electron chi connectivity index (χ0n) is 8.01. The number of rotatable bonds is 1. The molecule has 1 aromatic carbocycles. The summed E-state index contributed by atoms with van der Waals surface area (Å²) in [6.45, 7) is 2.10. The van der Waals surface area contributed by atoms with E-state index >= 15 is 0 Å². The number of allylic oxidation sites excluding steroid dienone is 2. The van der Waals surface area contributed by atoms with Crippen molar-refractivity contribution in [1.29, 1.82) is 0 Å². The van der Waals surface area contributed by atoms with Crippen LogP contribution in [0.2, 0.25) is 0 Å². The molecule has 0 aliphatic heterocycles. The van der Waals surface area contributed by atoms with Crippen molar-refractivity contribution in [3.63, 3.8) is 0 Å². The first-order chi connectivity index (χ1) is 6.68. The van der Waals surface area contributed by atoms with Crippen LogP contribution in [0.5, 0.6) is 0 Å². The summed E-state index contributed by atoms with van der Waals surface area (Å²) in [6, 6.07) is 6.18. The molecule has 0 saturated carbocycles. The van der Waals surface area contributed by atoms with Crippen molar-refractivity contribution in [1.82, 2.24) is 0 Å². The Morgan fingerprint density at radius 3 is 2.93 bits per heavy atom. The minimum atomic E-state index is -0.380. The molecule has 0 N–H and O–H groups in total. The van der Waals surface area contributed by atoms with Crippen molar-refractivity contribution in [3.8, 4) is 0 Å². The van der Waals surface area contributed by atoms with Crippen LogP contribution in [0.1, 0.15) is 23.1 Å². The fourth-order valence-electron chi connectivity index (χ4n) is 2.02. The van der Waals surface area contributed by atoms with E-state index in [2.05, 4.69) is 19.1 Å². The van der Waals surface area contributed by atoms with E-state index in [4.69, 9.17) is 11.6 Å². The number of halogens is 1. The van der Waals surface area contributed by atoms with Gasteiger partial charge in [-0.15, -0.1) is 0 Å². The molecule has 0 unspecified atom stereocenters. The highest BCUT2D eigenvalue weighted by molar-refractivity contribution is 6.67. The maximum Gasteiger partial charge on any atom is 0.245 e. The first-order valence-corrected chi connectivity index (χ1v) is 5.05. The Morgan fingerprint density at radius 2 is 2.21 bits per heavy atom. The van der Waals surface area contributed by atoms with Gasteiger partial charge in [0.05, 0.1) is 0 Å². The van der Waals surface area contributed by atoms with Crippen molar-refractivity contribution in [2.75, 3.05) is 0 Å². The van der Waals surface area contributed by atoms with Crippen molar-refractivity contribution in [2.24, 2.45) is 0 Å². The van der Waals surface area contributed by atoms with Crippen molar-refractivity contribution >= 4 is 22.4 Å². The highest BCUT2D eigenvalue weighted by Gasteiger charge is 2.17. The largest absolute Gasteiger partial charge is 0.276 e. The van der Waals surface area contributed by atoms with E-state index in [1.807, 2.05) is 6.07 Å². The molecule has 2 heteroatoms. The summed E-state index contributed by atoms with van der Waals surface area (Å²) >= 11 is 5.35. The second-order valence-corrected chi connectivity index (χ2v) is 3.95. The number of hydrogen-bond acceptors (Lipinski definition) is 1. The van der Waals surface area contributed by atoms with Crippen LogP contribution < -0.4 is 0 Å². The van der Waals surface area contributed by atoms with Gasteiger partial charge in [-0.05, 0) is 53.6 Å². The van der Waals surface area contributed by atoms with Gasteiger partial charge in [0, 0.05) is 6.08 Å². The maximum atomic E-state index is 10.8. The molecule has 0 aromatic heterocycles. The van der Waals surface area contributed by atoms with Gasteiger partial charge in [-0.1, -0.05) is 18.2 Å². The Bertz CT molecular complexity index is 418. The molecule has 0 heterocycles. The van der Waals surface area contributed by atoms with E-state index in [-0.39, 0.29) is 5.24 Å². The second kappa shape index (κ2) is 3.58. The lowest BCUT2D eigenvalue weighted by molar-refractivity contribution is -0.107. The molecule has 0 amide bonds. The van der Waals surface area contributed by atoms with Crippen molar-refractivity contribution in [3.05, 3.63) is 41.0 Å². The lowest BCUT2D eigenvalue weighted by Gasteiger charge is -2.02. The molecular weight excluding hydrogens is 196 g/mol. The average molecular weight is 207 g/mol. The number of hydrogen-bond donors (Lipinski definition) is 0. The first kappa shape index (κ1) is 9.47. The highest BCUT2D eigenvalue weighted by atomic mass is 35.5. The summed E-state index contributed by atoms with van der Waals surface area (Å²) in [6.07, 6.45) is 3.49. The number of benzene rings is 1. The van der Waals surface area contributed by atoms with Crippen molar-refractivity contribution < 1.29 is 4.79 Å². The summed E-state index contributed by atoms with van der Waals surface area (Å²) < 4.78 is 0. The smallest absolute Gasteiger partial charge is 0.245 e. The van der Waals surface area contributed by atoms with E-state index in [1.165, 1.54) is 22.8 Å². The highest BCUT2D eigenvalue weighted by Crippen LogP contribution is 2.33. The quantitative estimate of drug-likeness (QED) is 0.510. The van der Waals surface area contributed by atoms with E-state index in [0.29, 0.717) is 0 Å².